The highest BCUT2D eigenvalue weighted by molar-refractivity contribution is 5.86. The Morgan fingerprint density at radius 3 is 1.90 bits per heavy atom. The number of carbonyl (C=O) groups is 2. The standard InChI is InChI=1S/C24H32N2O4/c1-24(2,3)30-23(28)26-21(16-19-13-9-6-10-14-19)22(27)25-20(17-29-4)15-18-11-7-5-8-12-18/h5-14,20-21H,15-17H2,1-4H3,(H,25,27)(H,26,28)/t20-,21-/m0/s1. The van der Waals surface area contributed by atoms with Gasteiger partial charge in [0, 0.05) is 13.5 Å². The molecule has 0 spiro atoms. The number of hydrogen-bond donors (Lipinski definition) is 2. The van der Waals surface area contributed by atoms with Crippen LogP contribution in [-0.4, -0.2) is 43.4 Å². The minimum Gasteiger partial charge on any atom is -0.444 e. The van der Waals surface area contributed by atoms with Gasteiger partial charge in [0.25, 0.3) is 0 Å². The normalized spacial score (nSPS) is 13.2. The van der Waals surface area contributed by atoms with Gasteiger partial charge in [0.05, 0.1) is 12.6 Å². The molecule has 2 aromatic carbocycles. The number of methoxy groups -OCH3 is 1. The van der Waals surface area contributed by atoms with Gasteiger partial charge < -0.3 is 20.1 Å². The number of amides is 2. The van der Waals surface area contributed by atoms with Gasteiger partial charge in [-0.25, -0.2) is 4.79 Å². The van der Waals surface area contributed by atoms with E-state index in [0.717, 1.165) is 11.1 Å². The number of ether oxygens (including phenoxy) is 2. The van der Waals surface area contributed by atoms with Crippen molar-refractivity contribution in [2.45, 2.75) is 51.3 Å². The van der Waals surface area contributed by atoms with Crippen LogP contribution in [0.2, 0.25) is 0 Å². The van der Waals surface area contributed by atoms with Crippen LogP contribution in [0, 0.1) is 0 Å². The molecule has 162 valence electrons. The molecule has 0 saturated carbocycles. The van der Waals surface area contributed by atoms with Crippen LogP contribution < -0.4 is 10.6 Å². The molecule has 0 aromatic heterocycles. The predicted molar refractivity (Wildman–Crippen MR) is 117 cm³/mol. The monoisotopic (exact) mass is 412 g/mol. The molecule has 0 unspecified atom stereocenters. The zero-order valence-electron chi connectivity index (χ0n) is 18.2. The molecule has 0 bridgehead atoms. The summed E-state index contributed by atoms with van der Waals surface area (Å²) in [5.74, 6) is -0.275. The molecule has 0 aliphatic carbocycles. The van der Waals surface area contributed by atoms with Gasteiger partial charge in [0.1, 0.15) is 11.6 Å². The molecule has 6 heteroatoms. The molecule has 0 fully saturated rings. The average molecular weight is 413 g/mol. The largest absolute Gasteiger partial charge is 0.444 e. The van der Waals surface area contributed by atoms with E-state index in [2.05, 4.69) is 10.6 Å². The Balaban J connectivity index is 2.11. The molecule has 0 saturated heterocycles. The number of carbonyl (C=O) groups excluding carboxylic acids is 2. The number of benzene rings is 2. The third kappa shape index (κ3) is 8.66. The van der Waals surface area contributed by atoms with Crippen LogP contribution in [0.3, 0.4) is 0 Å². The molecule has 0 aliphatic rings. The smallest absolute Gasteiger partial charge is 0.408 e. The van der Waals surface area contributed by atoms with Crippen molar-refractivity contribution >= 4 is 12.0 Å². The van der Waals surface area contributed by atoms with E-state index in [1.165, 1.54) is 0 Å². The fourth-order valence-electron chi connectivity index (χ4n) is 3.06. The first-order valence-corrected chi connectivity index (χ1v) is 10.1. The van der Waals surface area contributed by atoms with Crippen LogP contribution in [0.25, 0.3) is 0 Å². The molecule has 30 heavy (non-hydrogen) atoms. The number of hydrogen-bond acceptors (Lipinski definition) is 4. The van der Waals surface area contributed by atoms with Gasteiger partial charge in [0.15, 0.2) is 0 Å². The summed E-state index contributed by atoms with van der Waals surface area (Å²) in [7, 11) is 1.60. The lowest BCUT2D eigenvalue weighted by molar-refractivity contribution is -0.124. The molecule has 2 atom stereocenters. The highest BCUT2D eigenvalue weighted by Crippen LogP contribution is 2.10. The van der Waals surface area contributed by atoms with Crippen LogP contribution in [0.1, 0.15) is 31.9 Å². The van der Waals surface area contributed by atoms with Crippen molar-refractivity contribution in [1.29, 1.82) is 0 Å². The van der Waals surface area contributed by atoms with Gasteiger partial charge in [-0.3, -0.25) is 4.79 Å². The fourth-order valence-corrected chi connectivity index (χ4v) is 3.06. The molecule has 0 aliphatic heterocycles. The van der Waals surface area contributed by atoms with E-state index in [9.17, 15) is 9.59 Å². The molecular weight excluding hydrogens is 380 g/mol. The Morgan fingerprint density at radius 1 is 0.867 bits per heavy atom. The topological polar surface area (TPSA) is 76.7 Å². The number of rotatable bonds is 9. The second-order valence-electron chi connectivity index (χ2n) is 8.24. The van der Waals surface area contributed by atoms with Gasteiger partial charge in [-0.1, -0.05) is 60.7 Å². The Labute approximate surface area is 179 Å². The van der Waals surface area contributed by atoms with Crippen LogP contribution in [0.4, 0.5) is 4.79 Å². The first-order valence-electron chi connectivity index (χ1n) is 10.1. The molecule has 2 amide bonds. The van der Waals surface area contributed by atoms with Crippen molar-refractivity contribution in [2.24, 2.45) is 0 Å². The van der Waals surface area contributed by atoms with E-state index >= 15 is 0 Å². The van der Waals surface area contributed by atoms with E-state index in [1.807, 2.05) is 60.7 Å². The predicted octanol–water partition coefficient (Wildman–Crippen LogP) is 3.50. The van der Waals surface area contributed by atoms with E-state index in [-0.39, 0.29) is 11.9 Å². The second-order valence-corrected chi connectivity index (χ2v) is 8.24. The maximum absolute atomic E-state index is 13.1. The summed E-state index contributed by atoms with van der Waals surface area (Å²) < 4.78 is 10.6. The van der Waals surface area contributed by atoms with E-state index in [1.54, 1.807) is 27.9 Å². The first kappa shape index (κ1) is 23.4. The van der Waals surface area contributed by atoms with Gasteiger partial charge in [0.2, 0.25) is 5.91 Å². The van der Waals surface area contributed by atoms with Crippen molar-refractivity contribution in [3.8, 4) is 0 Å². The molecular formula is C24H32N2O4. The lowest BCUT2D eigenvalue weighted by Gasteiger charge is -2.25. The Bertz CT molecular complexity index is 788. The molecule has 0 radical (unpaired) electrons. The number of nitrogens with one attached hydrogen (secondary N) is 2. The zero-order valence-corrected chi connectivity index (χ0v) is 18.2. The fraction of sp³-hybridized carbons (Fsp3) is 0.417. The van der Waals surface area contributed by atoms with Crippen LogP contribution in [0.5, 0.6) is 0 Å². The summed E-state index contributed by atoms with van der Waals surface area (Å²) in [5.41, 5.74) is 1.39. The first-order chi connectivity index (χ1) is 14.3. The van der Waals surface area contributed by atoms with Crippen molar-refractivity contribution in [2.75, 3.05) is 13.7 Å². The van der Waals surface area contributed by atoms with Crippen LogP contribution in [-0.2, 0) is 27.1 Å². The van der Waals surface area contributed by atoms with Crippen LogP contribution in [0.15, 0.2) is 60.7 Å². The maximum Gasteiger partial charge on any atom is 0.408 e. The van der Waals surface area contributed by atoms with Crippen molar-refractivity contribution in [3.63, 3.8) is 0 Å². The van der Waals surface area contributed by atoms with E-state index < -0.39 is 17.7 Å². The van der Waals surface area contributed by atoms with Gasteiger partial charge in [-0.15, -0.1) is 0 Å². The second kappa shape index (κ2) is 11.4. The van der Waals surface area contributed by atoms with Crippen molar-refractivity contribution in [3.05, 3.63) is 71.8 Å². The molecule has 2 N–H and O–H groups in total. The Kier molecular flexibility index (Phi) is 8.87. The average Bonchev–Trinajstić information content (AvgIpc) is 2.68. The van der Waals surface area contributed by atoms with Gasteiger partial charge in [-0.05, 0) is 38.3 Å². The SMILES string of the molecule is COC[C@H](Cc1ccccc1)NC(=O)[C@H](Cc1ccccc1)NC(=O)OC(C)(C)C. The molecule has 0 heterocycles. The van der Waals surface area contributed by atoms with Gasteiger partial charge in [-0.2, -0.15) is 0 Å². The van der Waals surface area contributed by atoms with E-state index in [0.29, 0.717) is 19.4 Å². The Morgan fingerprint density at radius 2 is 1.40 bits per heavy atom. The van der Waals surface area contributed by atoms with Crippen LogP contribution >= 0.6 is 0 Å². The minimum absolute atomic E-state index is 0.219. The number of alkyl carbamates (subject to hydrolysis) is 1. The maximum atomic E-state index is 13.1. The summed E-state index contributed by atoms with van der Waals surface area (Å²) in [6.45, 7) is 5.72. The quantitative estimate of drug-likeness (QED) is 0.661. The van der Waals surface area contributed by atoms with Crippen molar-refractivity contribution < 1.29 is 19.1 Å². The summed E-state index contributed by atoms with van der Waals surface area (Å²) in [6.07, 6.45) is 0.368. The third-order valence-corrected chi connectivity index (χ3v) is 4.33. The zero-order chi connectivity index (χ0) is 22.0. The van der Waals surface area contributed by atoms with Crippen molar-refractivity contribution in [1.82, 2.24) is 10.6 Å². The highest BCUT2D eigenvalue weighted by Gasteiger charge is 2.26. The molecule has 6 nitrogen and oxygen atoms in total. The third-order valence-electron chi connectivity index (χ3n) is 4.33. The molecule has 2 aromatic rings. The lowest BCUT2D eigenvalue weighted by atomic mass is 10.0. The lowest BCUT2D eigenvalue weighted by Crippen LogP contribution is -2.52. The minimum atomic E-state index is -0.766. The van der Waals surface area contributed by atoms with Gasteiger partial charge >= 0.3 is 6.09 Å². The summed E-state index contributed by atoms with van der Waals surface area (Å²) >= 11 is 0. The summed E-state index contributed by atoms with van der Waals surface area (Å²) in [6, 6.07) is 18.5. The molecule has 2 rings (SSSR count). The summed E-state index contributed by atoms with van der Waals surface area (Å²) in [4.78, 5) is 25.4. The highest BCUT2D eigenvalue weighted by atomic mass is 16.6. The van der Waals surface area contributed by atoms with E-state index in [4.69, 9.17) is 9.47 Å². The summed E-state index contributed by atoms with van der Waals surface area (Å²) in [5, 5.41) is 5.74. The Hall–Kier alpha value is -2.86.